The van der Waals surface area contributed by atoms with Crippen molar-refractivity contribution in [2.75, 3.05) is 24.6 Å². The molecule has 7 heteroatoms. The maximum Gasteiger partial charge on any atom is 0.335 e. The van der Waals surface area contributed by atoms with Crippen LogP contribution in [0.2, 0.25) is 0 Å². The summed E-state index contributed by atoms with van der Waals surface area (Å²) in [6.07, 6.45) is 0.794. The van der Waals surface area contributed by atoms with Gasteiger partial charge in [-0.3, -0.25) is 14.5 Å². The predicted molar refractivity (Wildman–Crippen MR) is 74.6 cm³/mol. The molecule has 1 aliphatic rings. The van der Waals surface area contributed by atoms with Crippen LogP contribution in [-0.4, -0.2) is 42.6 Å². The van der Waals surface area contributed by atoms with Crippen molar-refractivity contribution in [2.24, 2.45) is 0 Å². The topological polar surface area (TPSA) is 95.9 Å². The van der Waals surface area contributed by atoms with Crippen LogP contribution >= 0.6 is 0 Å². The second-order valence-corrected chi connectivity index (χ2v) is 4.61. The Morgan fingerprint density at radius 1 is 1.43 bits per heavy atom. The van der Waals surface area contributed by atoms with Crippen LogP contribution in [0.4, 0.5) is 5.69 Å². The van der Waals surface area contributed by atoms with Crippen LogP contribution in [0.25, 0.3) is 0 Å². The summed E-state index contributed by atoms with van der Waals surface area (Å²) in [6.45, 7) is 2.13. The third kappa shape index (κ3) is 3.31. The van der Waals surface area contributed by atoms with Crippen LogP contribution < -0.4 is 15.0 Å². The molecule has 2 amide bonds. The third-order valence-electron chi connectivity index (χ3n) is 3.02. The number of ether oxygens (including phenoxy) is 1. The molecule has 0 aliphatic carbocycles. The zero-order valence-corrected chi connectivity index (χ0v) is 11.6. The van der Waals surface area contributed by atoms with Crippen molar-refractivity contribution in [1.82, 2.24) is 5.32 Å². The number of amides is 2. The van der Waals surface area contributed by atoms with Crippen molar-refractivity contribution in [3.63, 3.8) is 0 Å². The number of rotatable bonds is 5. The Labute approximate surface area is 121 Å². The molecule has 0 unspecified atom stereocenters. The first-order valence-corrected chi connectivity index (χ1v) is 6.60. The molecule has 1 aromatic carbocycles. The zero-order valence-electron chi connectivity index (χ0n) is 11.6. The van der Waals surface area contributed by atoms with E-state index in [-0.39, 0.29) is 30.5 Å². The van der Waals surface area contributed by atoms with E-state index in [0.29, 0.717) is 18.0 Å². The molecular formula is C14H16N2O5. The van der Waals surface area contributed by atoms with Gasteiger partial charge in [0, 0.05) is 6.54 Å². The van der Waals surface area contributed by atoms with E-state index in [1.807, 2.05) is 6.92 Å². The van der Waals surface area contributed by atoms with Gasteiger partial charge < -0.3 is 15.2 Å². The summed E-state index contributed by atoms with van der Waals surface area (Å²) >= 11 is 0. The van der Waals surface area contributed by atoms with Crippen molar-refractivity contribution in [2.45, 2.75) is 13.3 Å². The van der Waals surface area contributed by atoms with Crippen LogP contribution in [0.1, 0.15) is 23.7 Å². The Kier molecular flexibility index (Phi) is 4.42. The summed E-state index contributed by atoms with van der Waals surface area (Å²) < 4.78 is 5.25. The highest BCUT2D eigenvalue weighted by Crippen LogP contribution is 2.32. The highest BCUT2D eigenvalue weighted by molar-refractivity contribution is 6.03. The number of carboxylic acids is 1. The lowest BCUT2D eigenvalue weighted by Gasteiger charge is -2.29. The lowest BCUT2D eigenvalue weighted by molar-refractivity contribution is -0.125. The maximum absolute atomic E-state index is 11.9. The lowest BCUT2D eigenvalue weighted by Crippen LogP contribution is -2.45. The standard InChI is InChI=1S/C14H16N2O5/c1-2-5-15-12(17)7-16-10-6-9(14(19)20)3-4-11(10)21-8-13(16)18/h3-4,6H,2,5,7-8H2,1H3,(H,15,17)(H,19,20). The molecule has 7 nitrogen and oxygen atoms in total. The van der Waals surface area contributed by atoms with Gasteiger partial charge in [0.1, 0.15) is 12.3 Å². The fourth-order valence-corrected chi connectivity index (χ4v) is 1.97. The second-order valence-electron chi connectivity index (χ2n) is 4.61. The van der Waals surface area contributed by atoms with E-state index in [9.17, 15) is 14.4 Å². The number of carboxylic acid groups (broad SMARTS) is 1. The molecule has 1 heterocycles. The number of fused-ring (bicyclic) bond motifs is 1. The number of anilines is 1. The van der Waals surface area contributed by atoms with E-state index in [2.05, 4.69) is 5.32 Å². The number of benzene rings is 1. The first kappa shape index (κ1) is 14.8. The molecule has 0 saturated carbocycles. The van der Waals surface area contributed by atoms with E-state index in [1.54, 1.807) is 0 Å². The van der Waals surface area contributed by atoms with Gasteiger partial charge in [0.15, 0.2) is 6.61 Å². The molecule has 112 valence electrons. The zero-order chi connectivity index (χ0) is 15.4. The summed E-state index contributed by atoms with van der Waals surface area (Å²) in [5, 5.41) is 11.7. The van der Waals surface area contributed by atoms with E-state index >= 15 is 0 Å². The van der Waals surface area contributed by atoms with E-state index in [4.69, 9.17) is 9.84 Å². The molecule has 0 aromatic heterocycles. The Hall–Kier alpha value is -2.57. The van der Waals surface area contributed by atoms with Gasteiger partial charge >= 0.3 is 5.97 Å². The van der Waals surface area contributed by atoms with Crippen LogP contribution in [0.5, 0.6) is 5.75 Å². The average molecular weight is 292 g/mol. The van der Waals surface area contributed by atoms with E-state index < -0.39 is 5.97 Å². The van der Waals surface area contributed by atoms with Gasteiger partial charge in [-0.15, -0.1) is 0 Å². The third-order valence-corrected chi connectivity index (χ3v) is 3.02. The molecule has 2 rings (SSSR count). The normalized spacial score (nSPS) is 13.4. The van der Waals surface area contributed by atoms with Crippen molar-refractivity contribution >= 4 is 23.5 Å². The molecule has 2 N–H and O–H groups in total. The van der Waals surface area contributed by atoms with Gasteiger partial charge in [0.2, 0.25) is 5.91 Å². The molecule has 0 spiro atoms. The minimum absolute atomic E-state index is 0.0333. The largest absolute Gasteiger partial charge is 0.482 e. The Bertz CT molecular complexity index is 585. The highest BCUT2D eigenvalue weighted by Gasteiger charge is 2.28. The van der Waals surface area contributed by atoms with Crippen LogP contribution in [0.15, 0.2) is 18.2 Å². The van der Waals surface area contributed by atoms with Crippen molar-refractivity contribution in [3.8, 4) is 5.75 Å². The summed E-state index contributed by atoms with van der Waals surface area (Å²) in [5.74, 6) is -1.38. The number of carbonyl (C=O) groups is 3. The predicted octanol–water partition coefficient (Wildman–Crippen LogP) is 0.636. The minimum atomic E-state index is -1.11. The summed E-state index contributed by atoms with van der Waals surface area (Å²) in [4.78, 5) is 36.0. The summed E-state index contributed by atoms with van der Waals surface area (Å²) in [6, 6.07) is 4.22. The second kappa shape index (κ2) is 6.25. The first-order chi connectivity index (χ1) is 10.0. The SMILES string of the molecule is CCCNC(=O)CN1C(=O)COc2ccc(C(=O)O)cc21. The molecule has 0 bridgehead atoms. The fraction of sp³-hybridized carbons (Fsp3) is 0.357. The number of carbonyl (C=O) groups excluding carboxylic acids is 2. The first-order valence-electron chi connectivity index (χ1n) is 6.60. The van der Waals surface area contributed by atoms with Crippen molar-refractivity contribution < 1.29 is 24.2 Å². The van der Waals surface area contributed by atoms with Crippen LogP contribution in [-0.2, 0) is 9.59 Å². The maximum atomic E-state index is 11.9. The lowest BCUT2D eigenvalue weighted by atomic mass is 10.1. The number of nitrogens with one attached hydrogen (secondary N) is 1. The quantitative estimate of drug-likeness (QED) is 0.830. The molecule has 0 radical (unpaired) electrons. The number of aromatic carboxylic acids is 1. The van der Waals surface area contributed by atoms with Gasteiger partial charge in [-0.05, 0) is 24.6 Å². The van der Waals surface area contributed by atoms with Gasteiger partial charge in [0.25, 0.3) is 5.91 Å². The number of hydrogen-bond acceptors (Lipinski definition) is 4. The van der Waals surface area contributed by atoms with Gasteiger partial charge in [0.05, 0.1) is 11.3 Å². The minimum Gasteiger partial charge on any atom is -0.482 e. The van der Waals surface area contributed by atoms with Gasteiger partial charge in [-0.2, -0.15) is 0 Å². The smallest absolute Gasteiger partial charge is 0.335 e. The number of nitrogens with zero attached hydrogens (tertiary/aromatic N) is 1. The van der Waals surface area contributed by atoms with Gasteiger partial charge in [-0.25, -0.2) is 4.79 Å². The monoisotopic (exact) mass is 292 g/mol. The van der Waals surface area contributed by atoms with Crippen LogP contribution in [0.3, 0.4) is 0 Å². The Balaban J connectivity index is 2.26. The molecule has 1 aliphatic heterocycles. The van der Waals surface area contributed by atoms with E-state index in [1.165, 1.54) is 23.1 Å². The van der Waals surface area contributed by atoms with Crippen molar-refractivity contribution in [3.05, 3.63) is 23.8 Å². The van der Waals surface area contributed by atoms with Gasteiger partial charge in [-0.1, -0.05) is 6.92 Å². The molecule has 21 heavy (non-hydrogen) atoms. The molecule has 0 atom stereocenters. The molecule has 0 saturated heterocycles. The Morgan fingerprint density at radius 2 is 2.19 bits per heavy atom. The Morgan fingerprint density at radius 3 is 2.86 bits per heavy atom. The molecular weight excluding hydrogens is 276 g/mol. The summed E-state index contributed by atoms with van der Waals surface area (Å²) in [5.41, 5.74) is 0.337. The highest BCUT2D eigenvalue weighted by atomic mass is 16.5. The van der Waals surface area contributed by atoms with E-state index in [0.717, 1.165) is 6.42 Å². The molecule has 1 aromatic rings. The average Bonchev–Trinajstić information content (AvgIpc) is 2.47. The number of hydrogen-bond donors (Lipinski definition) is 2. The van der Waals surface area contributed by atoms with Crippen LogP contribution in [0, 0.1) is 0 Å². The molecule has 0 fully saturated rings. The summed E-state index contributed by atoms with van der Waals surface area (Å²) in [7, 11) is 0. The fourth-order valence-electron chi connectivity index (χ4n) is 1.97. The van der Waals surface area contributed by atoms with Crippen molar-refractivity contribution in [1.29, 1.82) is 0 Å².